The first-order valence-corrected chi connectivity index (χ1v) is 6.93. The highest BCUT2D eigenvalue weighted by Crippen LogP contribution is 2.30. The van der Waals surface area contributed by atoms with Crippen molar-refractivity contribution >= 4 is 29.2 Å². The van der Waals surface area contributed by atoms with E-state index in [-0.39, 0.29) is 11.3 Å². The second-order valence-corrected chi connectivity index (χ2v) is 5.21. The van der Waals surface area contributed by atoms with Gasteiger partial charge < -0.3 is 20.3 Å². The van der Waals surface area contributed by atoms with Crippen molar-refractivity contribution in [3.8, 4) is 11.5 Å². The third-order valence-corrected chi connectivity index (χ3v) is 3.46. The minimum Gasteiger partial charge on any atom is -0.507 e. The van der Waals surface area contributed by atoms with Crippen LogP contribution in [0.1, 0.15) is 26.3 Å². The smallest absolute Gasteiger partial charge is 0.339 e. The maximum absolute atomic E-state index is 12.2. The lowest BCUT2D eigenvalue weighted by atomic mass is 10.1. The second kappa shape index (κ2) is 6.58. The van der Waals surface area contributed by atoms with Gasteiger partial charge in [0.2, 0.25) is 0 Å². The van der Waals surface area contributed by atoms with E-state index in [0.29, 0.717) is 21.9 Å². The van der Waals surface area contributed by atoms with Crippen molar-refractivity contribution < 1.29 is 24.5 Å². The van der Waals surface area contributed by atoms with Gasteiger partial charge >= 0.3 is 5.97 Å². The fourth-order valence-electron chi connectivity index (χ4n) is 2.11. The van der Waals surface area contributed by atoms with E-state index in [4.69, 9.17) is 21.4 Å². The Morgan fingerprint density at radius 3 is 2.43 bits per heavy atom. The van der Waals surface area contributed by atoms with Crippen molar-refractivity contribution in [1.29, 1.82) is 0 Å². The minimum atomic E-state index is -1.25. The number of anilines is 1. The van der Waals surface area contributed by atoms with Crippen molar-refractivity contribution in [3.63, 3.8) is 0 Å². The summed E-state index contributed by atoms with van der Waals surface area (Å²) in [6.45, 7) is 1.76. The predicted molar refractivity (Wildman–Crippen MR) is 85.8 cm³/mol. The van der Waals surface area contributed by atoms with Crippen LogP contribution >= 0.6 is 11.6 Å². The van der Waals surface area contributed by atoms with Gasteiger partial charge in [0.05, 0.1) is 12.1 Å². The average molecular weight is 336 g/mol. The van der Waals surface area contributed by atoms with E-state index >= 15 is 0 Å². The molecule has 7 heteroatoms. The van der Waals surface area contributed by atoms with Crippen molar-refractivity contribution in [2.24, 2.45) is 0 Å². The number of halogens is 1. The maximum atomic E-state index is 12.2. The third kappa shape index (κ3) is 3.54. The lowest BCUT2D eigenvalue weighted by Crippen LogP contribution is -2.12. The number of aromatic carboxylic acids is 1. The number of carbonyl (C=O) groups is 2. The van der Waals surface area contributed by atoms with Gasteiger partial charge in [-0.25, -0.2) is 4.79 Å². The summed E-state index contributed by atoms with van der Waals surface area (Å²) in [5.74, 6) is -1.64. The number of methoxy groups -OCH3 is 1. The molecule has 0 fully saturated rings. The highest BCUT2D eigenvalue weighted by atomic mass is 35.5. The topological polar surface area (TPSA) is 95.9 Å². The van der Waals surface area contributed by atoms with Gasteiger partial charge in [-0.2, -0.15) is 0 Å². The first-order chi connectivity index (χ1) is 10.8. The van der Waals surface area contributed by atoms with Crippen LogP contribution in [0.15, 0.2) is 30.3 Å². The van der Waals surface area contributed by atoms with Gasteiger partial charge in [-0.15, -0.1) is 0 Å². The van der Waals surface area contributed by atoms with Gasteiger partial charge in [0, 0.05) is 17.3 Å². The fourth-order valence-corrected chi connectivity index (χ4v) is 2.46. The van der Waals surface area contributed by atoms with E-state index in [1.54, 1.807) is 13.0 Å². The number of amides is 1. The Labute approximate surface area is 137 Å². The van der Waals surface area contributed by atoms with Crippen LogP contribution in [0.4, 0.5) is 5.69 Å². The summed E-state index contributed by atoms with van der Waals surface area (Å²) in [6.07, 6.45) is 0. The number of hydrogen-bond donors (Lipinski definition) is 3. The first kappa shape index (κ1) is 16.6. The third-order valence-electron chi connectivity index (χ3n) is 3.18. The predicted octanol–water partition coefficient (Wildman–Crippen LogP) is 3.31. The molecule has 0 saturated carbocycles. The maximum Gasteiger partial charge on any atom is 0.339 e. The molecule has 3 N–H and O–H groups in total. The number of phenols is 1. The lowest BCUT2D eigenvalue weighted by molar-refractivity contribution is 0.0693. The molecule has 0 radical (unpaired) electrons. The molecule has 2 aromatic rings. The van der Waals surface area contributed by atoms with Crippen molar-refractivity contribution in [2.45, 2.75) is 6.92 Å². The normalized spacial score (nSPS) is 10.2. The molecule has 0 aliphatic carbocycles. The summed E-state index contributed by atoms with van der Waals surface area (Å²) in [6, 6.07) is 6.84. The minimum absolute atomic E-state index is 0.244. The first-order valence-electron chi connectivity index (χ1n) is 6.55. The van der Waals surface area contributed by atoms with Crippen LogP contribution in [0.3, 0.4) is 0 Å². The number of hydrogen-bond acceptors (Lipinski definition) is 4. The number of aryl methyl sites for hydroxylation is 1. The highest BCUT2D eigenvalue weighted by Gasteiger charge is 2.14. The van der Waals surface area contributed by atoms with Crippen LogP contribution in [0, 0.1) is 6.92 Å². The number of ether oxygens (including phenoxy) is 1. The average Bonchev–Trinajstić information content (AvgIpc) is 2.46. The van der Waals surface area contributed by atoms with Crippen LogP contribution in [-0.2, 0) is 0 Å². The van der Waals surface area contributed by atoms with E-state index in [1.165, 1.54) is 31.4 Å². The Balaban J connectivity index is 2.26. The van der Waals surface area contributed by atoms with E-state index in [2.05, 4.69) is 5.32 Å². The number of rotatable bonds is 4. The van der Waals surface area contributed by atoms with Crippen LogP contribution < -0.4 is 10.1 Å². The molecule has 2 rings (SSSR count). The molecule has 0 aromatic heterocycles. The van der Waals surface area contributed by atoms with Gasteiger partial charge in [-0.3, -0.25) is 4.79 Å². The Hall–Kier alpha value is -2.73. The Bertz CT molecular complexity index is 765. The van der Waals surface area contributed by atoms with Crippen molar-refractivity contribution in [3.05, 3.63) is 52.0 Å². The van der Waals surface area contributed by atoms with Crippen LogP contribution in [0.2, 0.25) is 5.02 Å². The molecule has 0 bridgehead atoms. The number of nitrogens with one attached hydrogen (secondary N) is 1. The second-order valence-electron chi connectivity index (χ2n) is 4.80. The number of carboxylic acids is 1. The number of carboxylic acid groups (broad SMARTS) is 1. The number of aromatic hydroxyl groups is 1. The zero-order valence-electron chi connectivity index (χ0n) is 12.4. The zero-order chi connectivity index (χ0) is 17.1. The number of carbonyl (C=O) groups excluding carboxylic acids is 1. The van der Waals surface area contributed by atoms with Gasteiger partial charge in [0.25, 0.3) is 5.91 Å². The van der Waals surface area contributed by atoms with Crippen molar-refractivity contribution in [2.75, 3.05) is 12.4 Å². The molecular formula is C16H14ClNO5. The van der Waals surface area contributed by atoms with Gasteiger partial charge in [-0.1, -0.05) is 11.6 Å². The molecule has 0 unspecified atom stereocenters. The summed E-state index contributed by atoms with van der Waals surface area (Å²) >= 11 is 6.05. The highest BCUT2D eigenvalue weighted by molar-refractivity contribution is 6.32. The van der Waals surface area contributed by atoms with Crippen LogP contribution in [-0.4, -0.2) is 29.2 Å². The van der Waals surface area contributed by atoms with Gasteiger partial charge in [-0.05, 0) is 36.8 Å². The Kier molecular flexibility index (Phi) is 4.76. The number of benzene rings is 2. The van der Waals surface area contributed by atoms with E-state index in [1.807, 2.05) is 0 Å². The molecule has 23 heavy (non-hydrogen) atoms. The molecule has 0 aliphatic rings. The fraction of sp³-hybridized carbons (Fsp3) is 0.125. The molecular weight excluding hydrogens is 322 g/mol. The van der Waals surface area contributed by atoms with Crippen LogP contribution in [0.5, 0.6) is 11.5 Å². The standard InChI is InChI=1S/C16H14ClNO5/c1-8-5-9(6-12(17)14(8)23-2)15(20)18-10-3-4-11(16(21)22)13(19)7-10/h3-7,19H,1-2H3,(H,18,20)(H,21,22). The van der Waals surface area contributed by atoms with Crippen LogP contribution in [0.25, 0.3) is 0 Å². The van der Waals surface area contributed by atoms with Crippen molar-refractivity contribution in [1.82, 2.24) is 0 Å². The van der Waals surface area contributed by atoms with E-state index in [0.717, 1.165) is 0 Å². The summed E-state index contributed by atoms with van der Waals surface area (Å²) < 4.78 is 5.13. The molecule has 6 nitrogen and oxygen atoms in total. The summed E-state index contributed by atoms with van der Waals surface area (Å²) in [4.78, 5) is 23.1. The van der Waals surface area contributed by atoms with E-state index in [9.17, 15) is 14.7 Å². The Morgan fingerprint density at radius 2 is 1.91 bits per heavy atom. The molecule has 0 spiro atoms. The van der Waals surface area contributed by atoms with E-state index < -0.39 is 17.6 Å². The summed E-state index contributed by atoms with van der Waals surface area (Å²) in [5.41, 5.74) is 1.04. The molecule has 0 heterocycles. The SMILES string of the molecule is COc1c(C)cc(C(=O)Nc2ccc(C(=O)O)c(O)c2)cc1Cl. The molecule has 0 atom stereocenters. The molecule has 1 amide bonds. The quantitative estimate of drug-likeness (QED) is 0.796. The van der Waals surface area contributed by atoms with Gasteiger partial charge in [0.1, 0.15) is 17.1 Å². The van der Waals surface area contributed by atoms with Gasteiger partial charge in [0.15, 0.2) is 0 Å². The lowest BCUT2D eigenvalue weighted by Gasteiger charge is -2.11. The molecule has 0 aliphatic heterocycles. The Morgan fingerprint density at radius 1 is 1.22 bits per heavy atom. The molecule has 2 aromatic carbocycles. The zero-order valence-corrected chi connectivity index (χ0v) is 13.1. The molecule has 0 saturated heterocycles. The summed E-state index contributed by atoms with van der Waals surface area (Å²) in [5, 5.41) is 21.4. The molecule has 120 valence electrons. The monoisotopic (exact) mass is 335 g/mol. The largest absolute Gasteiger partial charge is 0.507 e. The summed E-state index contributed by atoms with van der Waals surface area (Å²) in [7, 11) is 1.49.